The van der Waals surface area contributed by atoms with Crippen LogP contribution in [0.1, 0.15) is 18.9 Å². The molecule has 0 spiro atoms. The molecule has 1 heterocycles. The van der Waals surface area contributed by atoms with Gasteiger partial charge >= 0.3 is 0 Å². The molecule has 1 atom stereocenters. The molecule has 5 nitrogen and oxygen atoms in total. The number of halogens is 2. The molecule has 23 heavy (non-hydrogen) atoms. The lowest BCUT2D eigenvalue weighted by Gasteiger charge is -2.15. The molecule has 1 aromatic carbocycles. The van der Waals surface area contributed by atoms with Gasteiger partial charge in [0.1, 0.15) is 5.82 Å². The molecule has 0 amide bonds. The quantitative estimate of drug-likeness (QED) is 0.619. The number of benzene rings is 1. The SMILES string of the molecule is CCNC(=NCCc1c(F)cccc1Cl)NC1CCS(=O)(=O)C1. The van der Waals surface area contributed by atoms with Gasteiger partial charge in [0.2, 0.25) is 0 Å². The molecule has 128 valence electrons. The highest BCUT2D eigenvalue weighted by molar-refractivity contribution is 7.91. The van der Waals surface area contributed by atoms with Crippen molar-refractivity contribution in [2.45, 2.75) is 25.8 Å². The van der Waals surface area contributed by atoms with E-state index < -0.39 is 9.84 Å². The Morgan fingerprint density at radius 3 is 2.87 bits per heavy atom. The van der Waals surface area contributed by atoms with E-state index in [1.807, 2.05) is 6.92 Å². The number of hydrogen-bond donors (Lipinski definition) is 2. The minimum absolute atomic E-state index is 0.122. The van der Waals surface area contributed by atoms with Crippen molar-refractivity contribution in [3.63, 3.8) is 0 Å². The van der Waals surface area contributed by atoms with Gasteiger partial charge in [0.05, 0.1) is 11.5 Å². The molecule has 0 bridgehead atoms. The highest BCUT2D eigenvalue weighted by atomic mass is 35.5. The summed E-state index contributed by atoms with van der Waals surface area (Å²) in [5, 5.41) is 6.58. The van der Waals surface area contributed by atoms with Gasteiger partial charge in [0.15, 0.2) is 15.8 Å². The summed E-state index contributed by atoms with van der Waals surface area (Å²) in [5.74, 6) is 0.528. The third-order valence-electron chi connectivity index (χ3n) is 3.61. The van der Waals surface area contributed by atoms with Gasteiger partial charge in [0.25, 0.3) is 0 Å². The number of rotatable bonds is 5. The van der Waals surface area contributed by atoms with Gasteiger partial charge < -0.3 is 10.6 Å². The maximum absolute atomic E-state index is 13.7. The lowest BCUT2D eigenvalue weighted by molar-refractivity contribution is 0.599. The molecule has 1 unspecified atom stereocenters. The minimum atomic E-state index is -2.94. The maximum Gasteiger partial charge on any atom is 0.191 e. The lowest BCUT2D eigenvalue weighted by atomic mass is 10.1. The molecule has 8 heteroatoms. The largest absolute Gasteiger partial charge is 0.357 e. The summed E-state index contributed by atoms with van der Waals surface area (Å²) in [7, 11) is -2.94. The number of aliphatic imine (C=N–C) groups is 1. The molecule has 1 aliphatic rings. The van der Waals surface area contributed by atoms with Crippen molar-refractivity contribution in [2.24, 2.45) is 4.99 Å². The zero-order valence-corrected chi connectivity index (χ0v) is 14.6. The van der Waals surface area contributed by atoms with Crippen LogP contribution in [0.25, 0.3) is 0 Å². The second-order valence-electron chi connectivity index (χ2n) is 5.46. The van der Waals surface area contributed by atoms with Gasteiger partial charge in [-0.05, 0) is 31.9 Å². The van der Waals surface area contributed by atoms with Crippen molar-refractivity contribution in [3.8, 4) is 0 Å². The number of nitrogens with one attached hydrogen (secondary N) is 2. The zero-order chi connectivity index (χ0) is 16.9. The Morgan fingerprint density at radius 1 is 1.48 bits per heavy atom. The molecular weight excluding hydrogens is 341 g/mol. The van der Waals surface area contributed by atoms with Crippen molar-refractivity contribution in [1.29, 1.82) is 0 Å². The van der Waals surface area contributed by atoms with Crippen LogP contribution in [-0.4, -0.2) is 45.0 Å². The summed E-state index contributed by atoms with van der Waals surface area (Å²) >= 11 is 5.99. The van der Waals surface area contributed by atoms with E-state index in [9.17, 15) is 12.8 Å². The fraction of sp³-hybridized carbons (Fsp3) is 0.533. The molecule has 2 rings (SSSR count). The van der Waals surface area contributed by atoms with Gasteiger partial charge in [-0.1, -0.05) is 17.7 Å². The Balaban J connectivity index is 1.96. The zero-order valence-electron chi connectivity index (χ0n) is 13.0. The molecule has 2 N–H and O–H groups in total. The van der Waals surface area contributed by atoms with Crippen LogP contribution in [0.4, 0.5) is 4.39 Å². The normalized spacial score (nSPS) is 20.5. The monoisotopic (exact) mass is 361 g/mol. The highest BCUT2D eigenvalue weighted by Gasteiger charge is 2.28. The fourth-order valence-electron chi connectivity index (χ4n) is 2.47. The van der Waals surface area contributed by atoms with Crippen molar-refractivity contribution < 1.29 is 12.8 Å². The molecule has 1 aliphatic heterocycles. The lowest BCUT2D eigenvalue weighted by Crippen LogP contribution is -2.44. The molecule has 0 radical (unpaired) electrons. The topological polar surface area (TPSA) is 70.6 Å². The van der Waals surface area contributed by atoms with E-state index in [1.165, 1.54) is 6.07 Å². The van der Waals surface area contributed by atoms with Crippen LogP contribution in [0, 0.1) is 5.82 Å². The average Bonchev–Trinajstić information content (AvgIpc) is 2.81. The van der Waals surface area contributed by atoms with E-state index in [0.29, 0.717) is 42.5 Å². The van der Waals surface area contributed by atoms with Gasteiger partial charge in [-0.25, -0.2) is 12.8 Å². The summed E-state index contributed by atoms with van der Waals surface area (Å²) in [6.07, 6.45) is 0.955. The van der Waals surface area contributed by atoms with E-state index in [0.717, 1.165) is 0 Å². The minimum Gasteiger partial charge on any atom is -0.357 e. The van der Waals surface area contributed by atoms with Gasteiger partial charge in [0, 0.05) is 29.7 Å². The summed E-state index contributed by atoms with van der Waals surface area (Å²) in [4.78, 5) is 4.38. The average molecular weight is 362 g/mol. The van der Waals surface area contributed by atoms with Gasteiger partial charge in [-0.3, -0.25) is 4.99 Å². The first-order valence-electron chi connectivity index (χ1n) is 7.59. The van der Waals surface area contributed by atoms with E-state index in [-0.39, 0.29) is 23.4 Å². The predicted molar refractivity (Wildman–Crippen MR) is 91.3 cm³/mol. The Hall–Kier alpha value is -1.34. The van der Waals surface area contributed by atoms with E-state index >= 15 is 0 Å². The van der Waals surface area contributed by atoms with Crippen LogP contribution in [-0.2, 0) is 16.3 Å². The molecule has 0 aromatic heterocycles. The summed E-state index contributed by atoms with van der Waals surface area (Å²) in [6.45, 7) is 2.94. The number of nitrogens with zero attached hydrogens (tertiary/aromatic N) is 1. The summed E-state index contributed by atoms with van der Waals surface area (Å²) in [5.41, 5.74) is 0.442. The van der Waals surface area contributed by atoms with E-state index in [1.54, 1.807) is 12.1 Å². The van der Waals surface area contributed by atoms with Crippen LogP contribution >= 0.6 is 11.6 Å². The van der Waals surface area contributed by atoms with Crippen molar-refractivity contribution >= 4 is 27.4 Å². The number of hydrogen-bond acceptors (Lipinski definition) is 3. The molecule has 0 aliphatic carbocycles. The fourth-order valence-corrected chi connectivity index (χ4v) is 4.40. The first-order chi connectivity index (χ1) is 10.9. The Labute approximate surface area is 141 Å². The van der Waals surface area contributed by atoms with Crippen LogP contribution < -0.4 is 10.6 Å². The predicted octanol–water partition coefficient (Wildman–Crippen LogP) is 1.76. The molecule has 0 saturated carbocycles. The molecule has 1 saturated heterocycles. The van der Waals surface area contributed by atoms with Crippen LogP contribution in [0.15, 0.2) is 23.2 Å². The Morgan fingerprint density at radius 2 is 2.26 bits per heavy atom. The number of guanidine groups is 1. The third kappa shape index (κ3) is 5.35. The van der Waals surface area contributed by atoms with E-state index in [2.05, 4.69) is 15.6 Å². The van der Waals surface area contributed by atoms with Gasteiger partial charge in [-0.2, -0.15) is 0 Å². The number of sulfone groups is 1. The first kappa shape index (κ1) is 18.0. The third-order valence-corrected chi connectivity index (χ3v) is 5.73. The van der Waals surface area contributed by atoms with Crippen molar-refractivity contribution in [3.05, 3.63) is 34.6 Å². The standard InChI is InChI=1S/C15H21ClFN3O2S/c1-2-18-15(20-11-7-9-23(21,22)10-11)19-8-6-12-13(16)4-3-5-14(12)17/h3-5,11H,2,6-10H2,1H3,(H2,18,19,20). The smallest absolute Gasteiger partial charge is 0.191 e. The summed E-state index contributed by atoms with van der Waals surface area (Å²) in [6, 6.07) is 4.46. The van der Waals surface area contributed by atoms with Crippen molar-refractivity contribution in [1.82, 2.24) is 10.6 Å². The highest BCUT2D eigenvalue weighted by Crippen LogP contribution is 2.19. The van der Waals surface area contributed by atoms with Crippen LogP contribution in [0.3, 0.4) is 0 Å². The maximum atomic E-state index is 13.7. The van der Waals surface area contributed by atoms with Crippen LogP contribution in [0.5, 0.6) is 0 Å². The Bertz CT molecular complexity index is 659. The first-order valence-corrected chi connectivity index (χ1v) is 9.79. The second kappa shape index (κ2) is 7.97. The molecular formula is C15H21ClFN3O2S. The Kier molecular flexibility index (Phi) is 6.24. The summed E-state index contributed by atoms with van der Waals surface area (Å²) < 4.78 is 36.7. The molecule has 1 fully saturated rings. The van der Waals surface area contributed by atoms with E-state index in [4.69, 9.17) is 11.6 Å². The molecule has 1 aromatic rings. The second-order valence-corrected chi connectivity index (χ2v) is 8.09. The van der Waals surface area contributed by atoms with Crippen LogP contribution in [0.2, 0.25) is 5.02 Å². The van der Waals surface area contributed by atoms with Gasteiger partial charge in [-0.15, -0.1) is 0 Å². The van der Waals surface area contributed by atoms with Crippen molar-refractivity contribution in [2.75, 3.05) is 24.6 Å².